The maximum Gasteiger partial charge on any atom is 0.335 e. The highest BCUT2D eigenvalue weighted by Crippen LogP contribution is 1.96. The largest absolute Gasteiger partial charge is 0.478 e. The van der Waals surface area contributed by atoms with E-state index in [1.165, 1.54) is 6.92 Å². The number of hydrogen-bond acceptors (Lipinski definition) is 2. The van der Waals surface area contributed by atoms with E-state index in [-0.39, 0.29) is 0 Å². The summed E-state index contributed by atoms with van der Waals surface area (Å²) in [5.74, 6) is -0.879. The highest BCUT2D eigenvalue weighted by Gasteiger charge is 1.96. The van der Waals surface area contributed by atoms with Crippen LogP contribution in [-0.4, -0.2) is 11.1 Å². The van der Waals surface area contributed by atoms with Gasteiger partial charge in [-0.25, -0.2) is 4.79 Å². The molecule has 3 nitrogen and oxygen atoms in total. The van der Waals surface area contributed by atoms with Crippen molar-refractivity contribution < 1.29 is 9.90 Å². The van der Waals surface area contributed by atoms with Gasteiger partial charge in [0, 0.05) is 6.92 Å². The minimum Gasteiger partial charge on any atom is -0.478 e. The molecular formula is C11H15NO2. The summed E-state index contributed by atoms with van der Waals surface area (Å²) >= 11 is 0. The number of carboxylic acid groups (broad SMARTS) is 1. The minimum atomic E-state index is -0.879. The van der Waals surface area contributed by atoms with Crippen LogP contribution in [0.1, 0.15) is 31.1 Å². The first-order valence-electron chi connectivity index (χ1n) is 4.31. The van der Waals surface area contributed by atoms with Gasteiger partial charge >= 0.3 is 5.97 Å². The van der Waals surface area contributed by atoms with Crippen LogP contribution >= 0.6 is 0 Å². The molecule has 76 valence electrons. The molecule has 1 rings (SSSR count). The Labute approximate surface area is 84.6 Å². The molecule has 0 fully saturated rings. The predicted octanol–water partition coefficient (Wildman–Crippen LogP) is 2.94. The first-order valence-corrected chi connectivity index (χ1v) is 4.31. The van der Waals surface area contributed by atoms with Crippen LogP contribution in [0.2, 0.25) is 0 Å². The number of carboxylic acids is 1. The lowest BCUT2D eigenvalue weighted by atomic mass is 10.2. The standard InChI is InChI=1S/C7H6O2.C2H3N.C2H6/c8-7(9)6-4-2-1-3-5-6;1-2-3;1-2/h1-5H,(H,8,9);1H3;1-2H3. The zero-order valence-corrected chi connectivity index (χ0v) is 8.69. The van der Waals surface area contributed by atoms with Gasteiger partial charge < -0.3 is 5.11 Å². The predicted molar refractivity (Wildman–Crippen MR) is 56.0 cm³/mol. The lowest BCUT2D eigenvalue weighted by molar-refractivity contribution is 0.0697. The third-order valence-electron chi connectivity index (χ3n) is 1.02. The van der Waals surface area contributed by atoms with Gasteiger partial charge in [0.25, 0.3) is 0 Å². The van der Waals surface area contributed by atoms with Crippen molar-refractivity contribution >= 4 is 5.97 Å². The van der Waals surface area contributed by atoms with Gasteiger partial charge in [0.15, 0.2) is 0 Å². The van der Waals surface area contributed by atoms with Crippen LogP contribution in [-0.2, 0) is 0 Å². The van der Waals surface area contributed by atoms with Gasteiger partial charge in [-0.1, -0.05) is 32.0 Å². The Hall–Kier alpha value is -1.82. The van der Waals surface area contributed by atoms with Crippen molar-refractivity contribution in [2.45, 2.75) is 20.8 Å². The van der Waals surface area contributed by atoms with E-state index in [0.717, 1.165) is 0 Å². The molecule has 0 saturated heterocycles. The van der Waals surface area contributed by atoms with Crippen molar-refractivity contribution in [2.75, 3.05) is 0 Å². The average molecular weight is 193 g/mol. The number of nitrogens with zero attached hydrogens (tertiary/aromatic N) is 1. The fourth-order valence-electron chi connectivity index (χ4n) is 0.581. The summed E-state index contributed by atoms with van der Waals surface area (Å²) < 4.78 is 0. The Morgan fingerprint density at radius 3 is 1.86 bits per heavy atom. The number of rotatable bonds is 1. The van der Waals surface area contributed by atoms with Gasteiger partial charge in [-0.2, -0.15) is 5.26 Å². The fourth-order valence-corrected chi connectivity index (χ4v) is 0.581. The number of nitriles is 1. The van der Waals surface area contributed by atoms with Crippen molar-refractivity contribution in [1.29, 1.82) is 5.26 Å². The molecule has 0 aromatic heterocycles. The topological polar surface area (TPSA) is 61.1 Å². The highest BCUT2D eigenvalue weighted by molar-refractivity contribution is 5.87. The maximum atomic E-state index is 10.2. The molecule has 0 saturated carbocycles. The summed E-state index contributed by atoms with van der Waals surface area (Å²) in [5, 5.41) is 15.7. The molecular weight excluding hydrogens is 178 g/mol. The zero-order valence-electron chi connectivity index (χ0n) is 8.69. The van der Waals surface area contributed by atoms with Gasteiger partial charge in [-0.3, -0.25) is 0 Å². The lowest BCUT2D eigenvalue weighted by Crippen LogP contribution is -1.93. The second-order valence-corrected chi connectivity index (χ2v) is 1.89. The van der Waals surface area contributed by atoms with E-state index in [2.05, 4.69) is 0 Å². The average Bonchev–Trinajstić information content (AvgIpc) is 2.23. The first kappa shape index (κ1) is 14.7. The Morgan fingerprint density at radius 1 is 1.29 bits per heavy atom. The second kappa shape index (κ2) is 11.2. The van der Waals surface area contributed by atoms with Crippen LogP contribution in [0.3, 0.4) is 0 Å². The Kier molecular flexibility index (Phi) is 11.7. The summed E-state index contributed by atoms with van der Waals surface area (Å²) in [6.07, 6.45) is 0. The minimum absolute atomic E-state index is 0.331. The third kappa shape index (κ3) is 8.28. The van der Waals surface area contributed by atoms with Gasteiger partial charge in [-0.15, -0.1) is 0 Å². The molecule has 1 aromatic carbocycles. The fraction of sp³-hybridized carbons (Fsp3) is 0.273. The van der Waals surface area contributed by atoms with Gasteiger partial charge in [0.1, 0.15) is 0 Å². The SMILES string of the molecule is CC.CC#N.O=C(O)c1ccccc1. The lowest BCUT2D eigenvalue weighted by Gasteiger charge is -1.88. The highest BCUT2D eigenvalue weighted by atomic mass is 16.4. The van der Waals surface area contributed by atoms with Gasteiger partial charge in [-0.05, 0) is 12.1 Å². The molecule has 0 aliphatic carbocycles. The van der Waals surface area contributed by atoms with Crippen LogP contribution in [0.15, 0.2) is 30.3 Å². The molecule has 0 bridgehead atoms. The van der Waals surface area contributed by atoms with Crippen molar-refractivity contribution in [3.05, 3.63) is 35.9 Å². The molecule has 3 heteroatoms. The Balaban J connectivity index is 0. The van der Waals surface area contributed by atoms with Crippen molar-refractivity contribution in [1.82, 2.24) is 0 Å². The smallest absolute Gasteiger partial charge is 0.335 e. The molecule has 1 aromatic rings. The van der Waals surface area contributed by atoms with Crippen LogP contribution in [0.4, 0.5) is 0 Å². The summed E-state index contributed by atoms with van der Waals surface area (Å²) in [6, 6.07) is 10.0. The van der Waals surface area contributed by atoms with Crippen LogP contribution in [0, 0.1) is 11.3 Å². The molecule has 0 atom stereocenters. The summed E-state index contributed by atoms with van der Waals surface area (Å²) in [7, 11) is 0. The normalized spacial score (nSPS) is 6.71. The maximum absolute atomic E-state index is 10.2. The summed E-state index contributed by atoms with van der Waals surface area (Å²) in [4.78, 5) is 10.2. The first-order chi connectivity index (χ1) is 6.72. The molecule has 0 amide bonds. The van der Waals surface area contributed by atoms with E-state index in [9.17, 15) is 4.79 Å². The number of carbonyl (C=O) groups is 1. The second-order valence-electron chi connectivity index (χ2n) is 1.89. The molecule has 1 N–H and O–H groups in total. The molecule has 14 heavy (non-hydrogen) atoms. The quantitative estimate of drug-likeness (QED) is 0.745. The molecule has 0 heterocycles. The van der Waals surface area contributed by atoms with Gasteiger partial charge in [0.2, 0.25) is 0 Å². The van der Waals surface area contributed by atoms with E-state index in [1.54, 1.807) is 36.4 Å². The van der Waals surface area contributed by atoms with Crippen molar-refractivity contribution in [3.8, 4) is 6.07 Å². The monoisotopic (exact) mass is 193 g/mol. The van der Waals surface area contributed by atoms with Gasteiger partial charge in [0.05, 0.1) is 11.6 Å². The summed E-state index contributed by atoms with van der Waals surface area (Å²) in [5.41, 5.74) is 0.331. The molecule has 0 radical (unpaired) electrons. The van der Waals surface area contributed by atoms with Crippen molar-refractivity contribution in [3.63, 3.8) is 0 Å². The molecule has 0 unspecified atom stereocenters. The molecule has 0 aliphatic rings. The number of hydrogen-bond donors (Lipinski definition) is 1. The Bertz CT molecular complexity index is 275. The van der Waals surface area contributed by atoms with E-state index >= 15 is 0 Å². The van der Waals surface area contributed by atoms with E-state index in [0.29, 0.717) is 5.56 Å². The number of aromatic carboxylic acids is 1. The van der Waals surface area contributed by atoms with Crippen molar-refractivity contribution in [2.24, 2.45) is 0 Å². The van der Waals surface area contributed by atoms with Crippen LogP contribution in [0.5, 0.6) is 0 Å². The van der Waals surface area contributed by atoms with E-state index in [1.807, 2.05) is 13.8 Å². The zero-order chi connectivity index (χ0) is 11.4. The molecule has 0 spiro atoms. The Morgan fingerprint density at radius 2 is 1.64 bits per heavy atom. The van der Waals surface area contributed by atoms with E-state index < -0.39 is 5.97 Å². The summed E-state index contributed by atoms with van der Waals surface area (Å²) in [6.45, 7) is 5.43. The molecule has 0 aliphatic heterocycles. The van der Waals surface area contributed by atoms with E-state index in [4.69, 9.17) is 10.4 Å². The van der Waals surface area contributed by atoms with Crippen LogP contribution in [0.25, 0.3) is 0 Å². The van der Waals surface area contributed by atoms with Crippen LogP contribution < -0.4 is 0 Å². The third-order valence-corrected chi connectivity index (χ3v) is 1.02. The number of benzene rings is 1.